The summed E-state index contributed by atoms with van der Waals surface area (Å²) >= 11 is 0. The first kappa shape index (κ1) is 22.0. The number of pyridine rings is 1. The highest BCUT2D eigenvalue weighted by Gasteiger charge is 2.17. The Hall–Kier alpha value is -3.18. The highest BCUT2D eigenvalue weighted by Crippen LogP contribution is 2.29. The van der Waals surface area contributed by atoms with Crippen molar-refractivity contribution >= 4 is 5.91 Å². The number of benzene rings is 2. The van der Waals surface area contributed by atoms with Crippen molar-refractivity contribution in [2.24, 2.45) is 5.73 Å². The van der Waals surface area contributed by atoms with Crippen LogP contribution in [0.1, 0.15) is 58.6 Å². The van der Waals surface area contributed by atoms with Crippen molar-refractivity contribution < 1.29 is 9.53 Å². The van der Waals surface area contributed by atoms with Gasteiger partial charge in [0.15, 0.2) is 0 Å². The van der Waals surface area contributed by atoms with E-state index in [9.17, 15) is 4.79 Å². The van der Waals surface area contributed by atoms with E-state index in [-0.39, 0.29) is 0 Å². The fraction of sp³-hybridized carbons (Fsp3) is 0.333. The van der Waals surface area contributed by atoms with Gasteiger partial charge in [0.2, 0.25) is 11.8 Å². The topological polar surface area (TPSA) is 68.5 Å². The summed E-state index contributed by atoms with van der Waals surface area (Å²) in [5.41, 5.74) is 9.49. The zero-order valence-electron chi connectivity index (χ0n) is 18.7. The number of carbonyl (C=O) groups excluding carboxylic acids is 1. The van der Waals surface area contributed by atoms with Gasteiger partial charge in [-0.25, -0.2) is 4.98 Å². The number of primary amides is 1. The number of likely N-dealkylation sites (tertiary alicyclic amines) is 1. The van der Waals surface area contributed by atoms with Gasteiger partial charge in [-0.3, -0.25) is 9.69 Å². The predicted molar refractivity (Wildman–Crippen MR) is 127 cm³/mol. The van der Waals surface area contributed by atoms with Crippen LogP contribution in [0, 0.1) is 6.92 Å². The molecule has 32 heavy (non-hydrogen) atoms. The average Bonchev–Trinajstić information content (AvgIpc) is 2.78. The molecule has 0 saturated carbocycles. The number of aryl methyl sites for hydroxylation is 1. The Balaban J connectivity index is 1.33. The number of ether oxygens (including phenoxy) is 1. The van der Waals surface area contributed by atoms with E-state index in [4.69, 9.17) is 10.5 Å². The molecule has 0 unspecified atom stereocenters. The molecule has 5 nitrogen and oxygen atoms in total. The van der Waals surface area contributed by atoms with Gasteiger partial charge in [-0.05, 0) is 80.4 Å². The van der Waals surface area contributed by atoms with E-state index < -0.39 is 5.91 Å². The Morgan fingerprint density at radius 2 is 1.81 bits per heavy atom. The zero-order chi connectivity index (χ0) is 22.3. The lowest BCUT2D eigenvalue weighted by atomic mass is 9.88. The normalized spacial score (nSPS) is 15.7. The first-order valence-electron chi connectivity index (χ1n) is 11.4. The van der Waals surface area contributed by atoms with E-state index in [1.54, 1.807) is 12.1 Å². The van der Waals surface area contributed by atoms with Crippen molar-refractivity contribution in [3.05, 3.63) is 89.1 Å². The summed E-state index contributed by atoms with van der Waals surface area (Å²) in [5, 5.41) is 0. The van der Waals surface area contributed by atoms with Gasteiger partial charge < -0.3 is 10.5 Å². The fourth-order valence-corrected chi connectivity index (χ4v) is 4.48. The minimum atomic E-state index is -0.496. The average molecular weight is 430 g/mol. The highest BCUT2D eigenvalue weighted by atomic mass is 16.5. The summed E-state index contributed by atoms with van der Waals surface area (Å²) in [6.07, 6.45) is 6.41. The first-order valence-corrected chi connectivity index (χ1v) is 11.4. The van der Waals surface area contributed by atoms with Gasteiger partial charge in [-0.2, -0.15) is 0 Å². The molecule has 0 bridgehead atoms. The maximum atomic E-state index is 11.2. The molecule has 1 aromatic heterocycles. The molecule has 5 heteroatoms. The molecule has 1 aliphatic heterocycles. The Bertz CT molecular complexity index is 1020. The van der Waals surface area contributed by atoms with E-state index in [1.807, 2.05) is 6.07 Å². The van der Waals surface area contributed by atoms with Crippen molar-refractivity contribution in [1.82, 2.24) is 9.88 Å². The lowest BCUT2D eigenvalue weighted by Gasteiger charge is -2.28. The molecule has 0 aliphatic carbocycles. The molecule has 1 fully saturated rings. The third kappa shape index (κ3) is 5.74. The van der Waals surface area contributed by atoms with Gasteiger partial charge in [0.25, 0.3) is 0 Å². The van der Waals surface area contributed by atoms with Crippen LogP contribution in [0.4, 0.5) is 0 Å². The Morgan fingerprint density at radius 1 is 1.06 bits per heavy atom. The number of aromatic nitrogens is 1. The second-order valence-corrected chi connectivity index (χ2v) is 8.62. The number of carbonyl (C=O) groups is 1. The third-order valence-corrected chi connectivity index (χ3v) is 6.21. The van der Waals surface area contributed by atoms with Gasteiger partial charge in [0.1, 0.15) is 5.75 Å². The standard InChI is InChI=1S/C27H31N3O2/c1-20-17-21(11-13-25(20)32-26-14-12-24(18-29-26)27(28)31)19-30-15-5-9-23(10-6-16-30)22-7-3-2-4-8-22/h2-4,7-8,11-14,17-18,23H,5-6,9-10,15-16,19H2,1H3,(H2,28,31). The Kier molecular flexibility index (Phi) is 7.17. The van der Waals surface area contributed by atoms with Crippen LogP contribution in [0.3, 0.4) is 0 Å². The van der Waals surface area contributed by atoms with E-state index in [0.717, 1.165) is 30.9 Å². The molecular weight excluding hydrogens is 398 g/mol. The quantitative estimate of drug-likeness (QED) is 0.566. The van der Waals surface area contributed by atoms with E-state index >= 15 is 0 Å². The minimum Gasteiger partial charge on any atom is -0.439 e. The summed E-state index contributed by atoms with van der Waals surface area (Å²) in [6.45, 7) is 5.28. The number of nitrogens with zero attached hydrogens (tertiary/aromatic N) is 2. The molecule has 4 rings (SSSR count). The minimum absolute atomic E-state index is 0.368. The zero-order valence-corrected chi connectivity index (χ0v) is 18.7. The van der Waals surface area contributed by atoms with E-state index in [1.165, 1.54) is 43.0 Å². The second kappa shape index (κ2) is 10.4. The lowest BCUT2D eigenvalue weighted by Crippen LogP contribution is -2.28. The number of hydrogen-bond donors (Lipinski definition) is 1. The molecule has 1 saturated heterocycles. The van der Waals surface area contributed by atoms with Gasteiger partial charge >= 0.3 is 0 Å². The number of amides is 1. The van der Waals surface area contributed by atoms with Crippen LogP contribution >= 0.6 is 0 Å². The van der Waals surface area contributed by atoms with Crippen LogP contribution < -0.4 is 10.5 Å². The maximum absolute atomic E-state index is 11.2. The van der Waals surface area contributed by atoms with Crippen molar-refractivity contribution in [2.45, 2.75) is 45.1 Å². The van der Waals surface area contributed by atoms with Crippen LogP contribution in [0.2, 0.25) is 0 Å². The number of rotatable bonds is 6. The molecule has 2 N–H and O–H groups in total. The summed E-state index contributed by atoms with van der Waals surface area (Å²) in [7, 11) is 0. The summed E-state index contributed by atoms with van der Waals surface area (Å²) < 4.78 is 5.90. The monoisotopic (exact) mass is 429 g/mol. The van der Waals surface area contributed by atoms with Crippen molar-refractivity contribution in [2.75, 3.05) is 13.1 Å². The predicted octanol–water partition coefficient (Wildman–Crippen LogP) is 5.44. The molecule has 1 aliphatic rings. The number of nitrogens with two attached hydrogens (primary N) is 1. The fourth-order valence-electron chi connectivity index (χ4n) is 4.48. The molecule has 0 atom stereocenters. The SMILES string of the molecule is Cc1cc(CN2CCCC(c3ccccc3)CCC2)ccc1Oc1ccc(C(N)=O)cn1. The van der Waals surface area contributed by atoms with Gasteiger partial charge in [0, 0.05) is 18.8 Å². The maximum Gasteiger partial charge on any atom is 0.250 e. The van der Waals surface area contributed by atoms with Crippen molar-refractivity contribution in [3.8, 4) is 11.6 Å². The Labute approximate surface area is 190 Å². The van der Waals surface area contributed by atoms with Gasteiger partial charge in [-0.15, -0.1) is 0 Å². The number of hydrogen-bond acceptors (Lipinski definition) is 4. The third-order valence-electron chi connectivity index (χ3n) is 6.21. The first-order chi connectivity index (χ1) is 15.6. The Morgan fingerprint density at radius 3 is 2.44 bits per heavy atom. The molecular formula is C27H31N3O2. The van der Waals surface area contributed by atoms with Crippen molar-refractivity contribution in [1.29, 1.82) is 0 Å². The van der Waals surface area contributed by atoms with Crippen LogP contribution in [0.5, 0.6) is 11.6 Å². The van der Waals surface area contributed by atoms with Gasteiger partial charge in [-0.1, -0.05) is 42.5 Å². The summed E-state index contributed by atoms with van der Waals surface area (Å²) in [5.74, 6) is 1.42. The van der Waals surface area contributed by atoms with E-state index in [0.29, 0.717) is 17.4 Å². The molecule has 2 heterocycles. The van der Waals surface area contributed by atoms with E-state index in [2.05, 4.69) is 59.3 Å². The lowest BCUT2D eigenvalue weighted by molar-refractivity contribution is 0.1000. The second-order valence-electron chi connectivity index (χ2n) is 8.62. The summed E-state index contributed by atoms with van der Waals surface area (Å²) in [4.78, 5) is 17.9. The molecule has 3 aromatic rings. The van der Waals surface area contributed by atoms with Crippen LogP contribution in [-0.4, -0.2) is 28.9 Å². The molecule has 0 spiro atoms. The molecule has 166 valence electrons. The molecule has 0 radical (unpaired) electrons. The molecule has 2 aromatic carbocycles. The van der Waals surface area contributed by atoms with Crippen LogP contribution in [0.15, 0.2) is 66.9 Å². The smallest absolute Gasteiger partial charge is 0.250 e. The highest BCUT2D eigenvalue weighted by molar-refractivity contribution is 5.92. The van der Waals surface area contributed by atoms with Crippen LogP contribution in [0.25, 0.3) is 0 Å². The summed E-state index contributed by atoms with van der Waals surface area (Å²) in [6, 6.07) is 20.6. The van der Waals surface area contributed by atoms with Crippen molar-refractivity contribution in [3.63, 3.8) is 0 Å². The van der Waals surface area contributed by atoms with Gasteiger partial charge in [0.05, 0.1) is 5.56 Å². The molecule has 1 amide bonds. The van der Waals surface area contributed by atoms with Crippen LogP contribution in [-0.2, 0) is 6.54 Å². The largest absolute Gasteiger partial charge is 0.439 e.